The number of hydrogen-bond donors (Lipinski definition) is 1. The summed E-state index contributed by atoms with van der Waals surface area (Å²) in [6.07, 6.45) is 0.574. The summed E-state index contributed by atoms with van der Waals surface area (Å²) in [5.74, 6) is -1.54. The Labute approximate surface area is 187 Å². The Hall–Kier alpha value is -3.19. The topological polar surface area (TPSA) is 76.1 Å². The van der Waals surface area contributed by atoms with Gasteiger partial charge in [-0.05, 0) is 69.2 Å². The first-order valence-electron chi connectivity index (χ1n) is 10.7. The number of carbonyl (C=O) groups is 2. The third-order valence-corrected chi connectivity index (χ3v) is 5.16. The van der Waals surface area contributed by atoms with E-state index in [0.29, 0.717) is 36.5 Å². The molecule has 170 valence electrons. The number of ether oxygens (including phenoxy) is 2. The average Bonchev–Trinajstić information content (AvgIpc) is 3.02. The van der Waals surface area contributed by atoms with E-state index >= 15 is 0 Å². The van der Waals surface area contributed by atoms with Crippen molar-refractivity contribution >= 4 is 17.4 Å². The molecule has 7 heteroatoms. The molecule has 1 aliphatic rings. The zero-order valence-corrected chi connectivity index (χ0v) is 18.5. The third kappa shape index (κ3) is 5.16. The Balaban J connectivity index is 1.99. The van der Waals surface area contributed by atoms with Crippen LogP contribution in [-0.4, -0.2) is 47.6 Å². The highest BCUT2D eigenvalue weighted by Crippen LogP contribution is 2.39. The standard InChI is InChI=1S/C25H28FNO5/c1-4-31-20-12-8-18(9-13-20)23(28)21-22(17-6-10-19(26)11-7-17)27(25(30)24(21)29)14-5-15-32-16(2)3/h6-13,16,22,28H,4-5,14-15H2,1-3H3/t22-/m0/s1. The second-order valence-corrected chi connectivity index (χ2v) is 7.77. The molecule has 0 spiro atoms. The van der Waals surface area contributed by atoms with Crippen molar-refractivity contribution in [2.45, 2.75) is 39.3 Å². The van der Waals surface area contributed by atoms with E-state index in [9.17, 15) is 19.1 Å². The number of aliphatic hydroxyl groups is 1. The lowest BCUT2D eigenvalue weighted by Gasteiger charge is -2.25. The van der Waals surface area contributed by atoms with Gasteiger partial charge in [-0.15, -0.1) is 0 Å². The fourth-order valence-electron chi connectivity index (χ4n) is 3.69. The average molecular weight is 441 g/mol. The van der Waals surface area contributed by atoms with Gasteiger partial charge in [0.05, 0.1) is 24.3 Å². The Morgan fingerprint density at radius 2 is 1.75 bits per heavy atom. The third-order valence-electron chi connectivity index (χ3n) is 5.16. The SMILES string of the molecule is CCOc1ccc(C(O)=C2C(=O)C(=O)N(CCCOC(C)C)[C@H]2c2ccc(F)cc2)cc1. The second kappa shape index (κ2) is 10.4. The van der Waals surface area contributed by atoms with Crippen molar-refractivity contribution in [3.05, 3.63) is 71.0 Å². The summed E-state index contributed by atoms with van der Waals surface area (Å²) >= 11 is 0. The number of aliphatic hydroxyl groups excluding tert-OH is 1. The van der Waals surface area contributed by atoms with Crippen LogP contribution in [-0.2, 0) is 14.3 Å². The van der Waals surface area contributed by atoms with Crippen LogP contribution in [0, 0.1) is 5.82 Å². The Kier molecular flexibility index (Phi) is 7.64. The molecule has 3 rings (SSSR count). The maximum atomic E-state index is 13.5. The maximum Gasteiger partial charge on any atom is 0.295 e. The van der Waals surface area contributed by atoms with Gasteiger partial charge in [0.15, 0.2) is 0 Å². The van der Waals surface area contributed by atoms with Gasteiger partial charge >= 0.3 is 0 Å². The molecule has 0 aromatic heterocycles. The van der Waals surface area contributed by atoms with Gasteiger partial charge in [-0.3, -0.25) is 9.59 Å². The van der Waals surface area contributed by atoms with Gasteiger partial charge in [-0.1, -0.05) is 12.1 Å². The van der Waals surface area contributed by atoms with Crippen LogP contribution in [0.1, 0.15) is 44.4 Å². The number of ketones is 1. The van der Waals surface area contributed by atoms with Crippen molar-refractivity contribution in [3.63, 3.8) is 0 Å². The highest BCUT2D eigenvalue weighted by Gasteiger charge is 2.45. The molecule has 1 N–H and O–H groups in total. The molecule has 1 aliphatic heterocycles. The Morgan fingerprint density at radius 3 is 2.34 bits per heavy atom. The van der Waals surface area contributed by atoms with Crippen LogP contribution in [0.25, 0.3) is 5.76 Å². The summed E-state index contributed by atoms with van der Waals surface area (Å²) in [5.41, 5.74) is 0.917. The molecule has 0 saturated carbocycles. The zero-order valence-electron chi connectivity index (χ0n) is 18.5. The molecule has 1 saturated heterocycles. The zero-order chi connectivity index (χ0) is 23.3. The largest absolute Gasteiger partial charge is 0.507 e. The fraction of sp³-hybridized carbons (Fsp3) is 0.360. The first-order chi connectivity index (χ1) is 15.3. The molecular weight excluding hydrogens is 413 g/mol. The summed E-state index contributed by atoms with van der Waals surface area (Å²) in [5, 5.41) is 11.0. The fourth-order valence-corrected chi connectivity index (χ4v) is 3.69. The summed E-state index contributed by atoms with van der Waals surface area (Å²) in [6.45, 7) is 6.89. The van der Waals surface area contributed by atoms with E-state index in [1.54, 1.807) is 24.3 Å². The molecule has 1 fully saturated rings. The van der Waals surface area contributed by atoms with Crippen LogP contribution in [0.2, 0.25) is 0 Å². The van der Waals surface area contributed by atoms with E-state index in [2.05, 4.69) is 0 Å². The molecular formula is C25H28FNO5. The van der Waals surface area contributed by atoms with Crippen LogP contribution >= 0.6 is 0 Å². The number of Topliss-reactive ketones (excluding diaryl/α,β-unsaturated/α-hetero) is 1. The summed E-state index contributed by atoms with van der Waals surface area (Å²) in [7, 11) is 0. The van der Waals surface area contributed by atoms with E-state index in [-0.39, 0.29) is 24.0 Å². The van der Waals surface area contributed by atoms with E-state index in [0.717, 1.165) is 0 Å². The minimum Gasteiger partial charge on any atom is -0.507 e. The van der Waals surface area contributed by atoms with Crippen LogP contribution in [0.15, 0.2) is 54.1 Å². The molecule has 2 aromatic carbocycles. The van der Waals surface area contributed by atoms with Gasteiger partial charge in [0.25, 0.3) is 11.7 Å². The van der Waals surface area contributed by atoms with E-state index in [1.165, 1.54) is 29.2 Å². The number of hydrogen-bond acceptors (Lipinski definition) is 5. The van der Waals surface area contributed by atoms with Crippen molar-refractivity contribution < 1.29 is 28.6 Å². The minimum atomic E-state index is -0.818. The smallest absolute Gasteiger partial charge is 0.295 e. The van der Waals surface area contributed by atoms with Gasteiger partial charge in [-0.2, -0.15) is 0 Å². The normalized spacial score (nSPS) is 17.9. The van der Waals surface area contributed by atoms with Crippen LogP contribution in [0.3, 0.4) is 0 Å². The molecule has 6 nitrogen and oxygen atoms in total. The molecule has 2 aromatic rings. The number of nitrogens with zero attached hydrogens (tertiary/aromatic N) is 1. The van der Waals surface area contributed by atoms with Crippen molar-refractivity contribution in [3.8, 4) is 5.75 Å². The first-order valence-corrected chi connectivity index (χ1v) is 10.7. The summed E-state index contributed by atoms with van der Waals surface area (Å²) in [6, 6.07) is 11.4. The number of amides is 1. The van der Waals surface area contributed by atoms with Crippen LogP contribution in [0.4, 0.5) is 4.39 Å². The van der Waals surface area contributed by atoms with Crippen LogP contribution < -0.4 is 4.74 Å². The lowest BCUT2D eigenvalue weighted by molar-refractivity contribution is -0.140. The molecule has 1 atom stereocenters. The molecule has 32 heavy (non-hydrogen) atoms. The first kappa shape index (κ1) is 23.5. The van der Waals surface area contributed by atoms with Gasteiger partial charge < -0.3 is 19.5 Å². The van der Waals surface area contributed by atoms with Crippen molar-refractivity contribution in [1.29, 1.82) is 0 Å². The molecule has 0 radical (unpaired) electrons. The maximum absolute atomic E-state index is 13.5. The monoisotopic (exact) mass is 441 g/mol. The second-order valence-electron chi connectivity index (χ2n) is 7.77. The summed E-state index contributed by atoms with van der Waals surface area (Å²) < 4.78 is 24.5. The summed E-state index contributed by atoms with van der Waals surface area (Å²) in [4.78, 5) is 27.2. The van der Waals surface area contributed by atoms with Gasteiger partial charge in [0.1, 0.15) is 17.3 Å². The molecule has 0 unspecified atom stereocenters. The lowest BCUT2D eigenvalue weighted by Crippen LogP contribution is -2.31. The van der Waals surface area contributed by atoms with E-state index in [4.69, 9.17) is 9.47 Å². The van der Waals surface area contributed by atoms with Gasteiger partial charge in [0.2, 0.25) is 0 Å². The highest BCUT2D eigenvalue weighted by atomic mass is 19.1. The Bertz CT molecular complexity index is 982. The van der Waals surface area contributed by atoms with Crippen molar-refractivity contribution in [1.82, 2.24) is 4.90 Å². The van der Waals surface area contributed by atoms with Gasteiger partial charge in [0, 0.05) is 18.7 Å². The molecule has 1 amide bonds. The van der Waals surface area contributed by atoms with Crippen LogP contribution in [0.5, 0.6) is 5.75 Å². The highest BCUT2D eigenvalue weighted by molar-refractivity contribution is 6.46. The molecule has 0 bridgehead atoms. The molecule has 1 heterocycles. The number of halogens is 1. The number of rotatable bonds is 9. The van der Waals surface area contributed by atoms with Crippen molar-refractivity contribution in [2.75, 3.05) is 19.8 Å². The predicted octanol–water partition coefficient (Wildman–Crippen LogP) is 4.46. The Morgan fingerprint density at radius 1 is 1.09 bits per heavy atom. The number of benzene rings is 2. The number of carbonyl (C=O) groups excluding carboxylic acids is 2. The lowest BCUT2D eigenvalue weighted by atomic mass is 9.95. The van der Waals surface area contributed by atoms with E-state index < -0.39 is 23.5 Å². The van der Waals surface area contributed by atoms with Gasteiger partial charge in [-0.25, -0.2) is 4.39 Å². The quantitative estimate of drug-likeness (QED) is 0.269. The predicted molar refractivity (Wildman–Crippen MR) is 119 cm³/mol. The van der Waals surface area contributed by atoms with E-state index in [1.807, 2.05) is 20.8 Å². The molecule has 0 aliphatic carbocycles. The minimum absolute atomic E-state index is 0.0180. The number of likely N-dealkylation sites (tertiary alicyclic amines) is 1. The van der Waals surface area contributed by atoms with Crippen molar-refractivity contribution in [2.24, 2.45) is 0 Å².